The van der Waals surface area contributed by atoms with Gasteiger partial charge < -0.3 is 14.9 Å². The van der Waals surface area contributed by atoms with E-state index in [0.717, 1.165) is 52.0 Å². The van der Waals surface area contributed by atoms with Crippen LogP contribution in [0.25, 0.3) is 21.8 Å². The summed E-state index contributed by atoms with van der Waals surface area (Å²) >= 11 is 19.0. The largest absolute Gasteiger partial charge is 0.346 e. The Labute approximate surface area is 160 Å². The van der Waals surface area contributed by atoms with E-state index in [-0.39, 0.29) is 0 Å². The normalized spacial score (nSPS) is 11.7. The van der Waals surface area contributed by atoms with Gasteiger partial charge in [-0.1, -0.05) is 46.9 Å². The van der Waals surface area contributed by atoms with E-state index < -0.39 is 0 Å². The van der Waals surface area contributed by atoms with Gasteiger partial charge in [-0.15, -0.1) is 0 Å². The number of fused-ring (bicyclic) bond motifs is 2. The summed E-state index contributed by atoms with van der Waals surface area (Å²) < 4.78 is 4.34. The summed E-state index contributed by atoms with van der Waals surface area (Å²) in [5.74, 6) is 0. The van der Waals surface area contributed by atoms with Crippen LogP contribution in [-0.4, -0.2) is 9.13 Å². The van der Waals surface area contributed by atoms with E-state index in [2.05, 4.69) is 20.9 Å². The van der Waals surface area contributed by atoms with Crippen molar-refractivity contribution in [2.45, 2.75) is 19.5 Å². The molecule has 0 radical (unpaired) electrons. The number of halogens is 3. The van der Waals surface area contributed by atoms with Crippen LogP contribution in [-0.2, 0) is 13.1 Å². The monoisotopic (exact) mass is 392 g/mol. The highest BCUT2D eigenvalue weighted by Gasteiger charge is 2.12. The summed E-state index contributed by atoms with van der Waals surface area (Å²) in [6, 6.07) is 11.9. The Hall–Kier alpha value is -1.65. The van der Waals surface area contributed by atoms with Crippen molar-refractivity contribution in [3.63, 3.8) is 0 Å². The van der Waals surface area contributed by atoms with Gasteiger partial charge >= 0.3 is 0 Å². The quantitative estimate of drug-likeness (QED) is 0.474. The van der Waals surface area contributed by atoms with E-state index in [0.29, 0.717) is 10.0 Å². The molecule has 0 amide bonds. The van der Waals surface area contributed by atoms with E-state index >= 15 is 0 Å². The van der Waals surface area contributed by atoms with Crippen LogP contribution in [0.5, 0.6) is 0 Å². The lowest BCUT2D eigenvalue weighted by Gasteiger charge is -2.08. The molecule has 0 fully saturated rings. The van der Waals surface area contributed by atoms with Crippen molar-refractivity contribution in [3.05, 3.63) is 63.9 Å². The predicted octanol–water partition coefficient (Wildman–Crippen LogP) is 5.52. The number of quaternary nitrogens is 1. The first kappa shape index (κ1) is 16.8. The number of hydrogen-bond donors (Lipinski definition) is 1. The molecule has 3 N–H and O–H groups in total. The fourth-order valence-corrected chi connectivity index (χ4v) is 4.39. The lowest BCUT2D eigenvalue weighted by molar-refractivity contribution is -0.252. The highest BCUT2D eigenvalue weighted by atomic mass is 35.5. The second-order valence-corrected chi connectivity index (χ2v) is 7.36. The van der Waals surface area contributed by atoms with Crippen LogP contribution in [0.1, 0.15) is 6.42 Å². The van der Waals surface area contributed by atoms with Crippen molar-refractivity contribution in [1.29, 1.82) is 0 Å². The molecule has 4 aromatic rings. The van der Waals surface area contributed by atoms with E-state index in [9.17, 15) is 0 Å². The molecule has 4 rings (SSSR count). The summed E-state index contributed by atoms with van der Waals surface area (Å²) in [5, 5.41) is 4.08. The minimum absolute atomic E-state index is 0.687. The number of rotatable bonds is 4. The van der Waals surface area contributed by atoms with E-state index in [1.54, 1.807) is 0 Å². The van der Waals surface area contributed by atoms with E-state index in [4.69, 9.17) is 34.8 Å². The van der Waals surface area contributed by atoms with Crippen LogP contribution in [0.15, 0.2) is 48.8 Å². The van der Waals surface area contributed by atoms with Gasteiger partial charge in [0, 0.05) is 30.9 Å². The van der Waals surface area contributed by atoms with Crippen molar-refractivity contribution in [2.24, 2.45) is 0 Å². The van der Waals surface area contributed by atoms with E-state index in [1.807, 2.05) is 42.7 Å². The second kappa shape index (κ2) is 6.58. The summed E-state index contributed by atoms with van der Waals surface area (Å²) in [6.45, 7) is 1.72. The molecule has 2 heterocycles. The lowest BCUT2D eigenvalue weighted by Crippen LogP contribution is -2.40. The van der Waals surface area contributed by atoms with Crippen molar-refractivity contribution >= 4 is 62.3 Å². The third kappa shape index (κ3) is 2.91. The zero-order chi connectivity index (χ0) is 17.6. The SMILES string of the molecule is [NH3+]c1cccc2c1c(Cl)cn2CCCn1cc(Cl)c2c(Cl)cccc21. The molecule has 6 heteroatoms. The van der Waals surface area contributed by atoms with Crippen LogP contribution in [0, 0.1) is 0 Å². The van der Waals surface area contributed by atoms with Crippen LogP contribution >= 0.6 is 34.8 Å². The summed E-state index contributed by atoms with van der Waals surface area (Å²) in [4.78, 5) is 0. The van der Waals surface area contributed by atoms with Crippen LogP contribution < -0.4 is 5.73 Å². The number of benzene rings is 2. The van der Waals surface area contributed by atoms with Gasteiger partial charge in [0.05, 0.1) is 31.5 Å². The standard InChI is InChI=1S/C19H16Cl3N3/c20-12-4-1-6-16-18(12)13(21)10-24(16)8-3-9-25-11-14(22)19-15(23)5-2-7-17(19)25/h1-2,4-7,10-11H,3,8-9,23H2/p+1. The molecule has 0 saturated heterocycles. The topological polar surface area (TPSA) is 37.5 Å². The summed E-state index contributed by atoms with van der Waals surface area (Å²) in [5.41, 5.74) is 7.21. The average molecular weight is 394 g/mol. The first-order chi connectivity index (χ1) is 12.1. The molecular weight excluding hydrogens is 377 g/mol. The zero-order valence-corrected chi connectivity index (χ0v) is 15.7. The molecule has 2 aromatic heterocycles. The summed E-state index contributed by atoms with van der Waals surface area (Å²) in [6.07, 6.45) is 4.89. The molecule has 3 nitrogen and oxygen atoms in total. The molecule has 0 saturated carbocycles. The van der Waals surface area contributed by atoms with Crippen molar-refractivity contribution in [1.82, 2.24) is 9.13 Å². The van der Waals surface area contributed by atoms with Crippen LogP contribution in [0.2, 0.25) is 15.1 Å². The first-order valence-electron chi connectivity index (χ1n) is 8.08. The number of nitrogens with zero attached hydrogens (tertiary/aromatic N) is 2. The highest BCUT2D eigenvalue weighted by molar-refractivity contribution is 6.42. The first-order valence-corrected chi connectivity index (χ1v) is 9.22. The number of hydrogen-bond acceptors (Lipinski definition) is 0. The van der Waals surface area contributed by atoms with Gasteiger partial charge in [-0.05, 0) is 30.7 Å². The third-order valence-electron chi connectivity index (χ3n) is 4.55. The van der Waals surface area contributed by atoms with Gasteiger partial charge in [0.15, 0.2) is 0 Å². The fourth-order valence-electron chi connectivity index (χ4n) is 3.41. The molecule has 128 valence electrons. The van der Waals surface area contributed by atoms with Gasteiger partial charge in [-0.3, -0.25) is 0 Å². The molecule has 0 atom stereocenters. The zero-order valence-electron chi connectivity index (χ0n) is 13.5. The minimum atomic E-state index is 0.687. The lowest BCUT2D eigenvalue weighted by atomic mass is 10.2. The minimum Gasteiger partial charge on any atom is -0.346 e. The molecule has 0 spiro atoms. The molecule has 0 unspecified atom stereocenters. The molecule has 2 aromatic carbocycles. The maximum atomic E-state index is 6.38. The Morgan fingerprint density at radius 1 is 0.720 bits per heavy atom. The Bertz CT molecular complexity index is 993. The second-order valence-electron chi connectivity index (χ2n) is 6.14. The van der Waals surface area contributed by atoms with Gasteiger partial charge in [-0.2, -0.15) is 0 Å². The van der Waals surface area contributed by atoms with E-state index in [1.165, 1.54) is 0 Å². The smallest absolute Gasteiger partial charge is 0.138 e. The van der Waals surface area contributed by atoms with Gasteiger partial charge in [0.1, 0.15) is 5.69 Å². The average Bonchev–Trinajstić information content (AvgIpc) is 3.07. The molecule has 25 heavy (non-hydrogen) atoms. The highest BCUT2D eigenvalue weighted by Crippen LogP contribution is 2.33. The maximum absolute atomic E-state index is 6.38. The van der Waals surface area contributed by atoms with Crippen LogP contribution in [0.3, 0.4) is 0 Å². The molecule has 0 bridgehead atoms. The van der Waals surface area contributed by atoms with Gasteiger partial charge in [0.2, 0.25) is 0 Å². The number of aromatic nitrogens is 2. The maximum Gasteiger partial charge on any atom is 0.138 e. The number of aryl methyl sites for hydroxylation is 2. The van der Waals surface area contributed by atoms with Crippen molar-refractivity contribution < 1.29 is 5.73 Å². The Morgan fingerprint density at radius 3 is 1.96 bits per heavy atom. The van der Waals surface area contributed by atoms with Gasteiger partial charge in [-0.25, -0.2) is 0 Å². The Morgan fingerprint density at radius 2 is 1.28 bits per heavy atom. The third-order valence-corrected chi connectivity index (χ3v) is 5.44. The fraction of sp³-hybridized carbons (Fsp3) is 0.158. The molecular formula is C19H17Cl3N3+. The summed E-state index contributed by atoms with van der Waals surface area (Å²) in [7, 11) is 0. The predicted molar refractivity (Wildman–Crippen MR) is 106 cm³/mol. The molecule has 0 aliphatic rings. The molecule has 0 aliphatic carbocycles. The van der Waals surface area contributed by atoms with Crippen molar-refractivity contribution in [3.8, 4) is 0 Å². The van der Waals surface area contributed by atoms with Crippen LogP contribution in [0.4, 0.5) is 5.69 Å². The Kier molecular flexibility index (Phi) is 4.42. The molecule has 0 aliphatic heterocycles. The van der Waals surface area contributed by atoms with Crippen molar-refractivity contribution in [2.75, 3.05) is 0 Å². The van der Waals surface area contributed by atoms with Gasteiger partial charge in [0.25, 0.3) is 0 Å². The Balaban J connectivity index is 1.58.